The summed E-state index contributed by atoms with van der Waals surface area (Å²) in [6, 6.07) is 10.8. The van der Waals surface area contributed by atoms with Crippen LogP contribution in [0.5, 0.6) is 0 Å². The molecule has 0 amide bonds. The largest absolute Gasteiger partial charge is 0.390 e. The number of likely N-dealkylation sites (tertiary alicyclic amines) is 1. The third kappa shape index (κ3) is 3.89. The summed E-state index contributed by atoms with van der Waals surface area (Å²) in [5, 5.41) is 12.4. The highest BCUT2D eigenvalue weighted by atomic mass is 32.1. The SMILES string of the molecule is OCc1csc(N2CCC[C@]3(CCCN(Cc4ccccc4)C3)C2)n1. The molecule has 5 heteroatoms. The number of rotatable bonds is 4. The van der Waals surface area contributed by atoms with E-state index in [1.165, 1.54) is 44.3 Å². The molecule has 4 rings (SSSR count). The Labute approximate surface area is 154 Å². The molecule has 1 N–H and O–H groups in total. The molecule has 0 saturated carbocycles. The molecule has 2 aliphatic heterocycles. The Morgan fingerprint density at radius 1 is 1.08 bits per heavy atom. The van der Waals surface area contributed by atoms with E-state index >= 15 is 0 Å². The van der Waals surface area contributed by atoms with Gasteiger partial charge in [0.05, 0.1) is 12.3 Å². The molecular formula is C20H27N3OS. The molecule has 2 aromatic rings. The van der Waals surface area contributed by atoms with Gasteiger partial charge in [0.2, 0.25) is 0 Å². The van der Waals surface area contributed by atoms with Crippen LogP contribution in [0.25, 0.3) is 0 Å². The van der Waals surface area contributed by atoms with E-state index in [1.54, 1.807) is 11.3 Å². The van der Waals surface area contributed by atoms with Crippen molar-refractivity contribution in [3.8, 4) is 0 Å². The number of benzene rings is 1. The van der Waals surface area contributed by atoms with Crippen LogP contribution in [0.1, 0.15) is 36.9 Å². The average molecular weight is 358 g/mol. The number of hydrogen-bond acceptors (Lipinski definition) is 5. The zero-order valence-corrected chi connectivity index (χ0v) is 15.5. The molecule has 134 valence electrons. The summed E-state index contributed by atoms with van der Waals surface area (Å²) >= 11 is 1.67. The van der Waals surface area contributed by atoms with Gasteiger partial charge in [-0.2, -0.15) is 0 Å². The van der Waals surface area contributed by atoms with Crippen molar-refractivity contribution in [3.63, 3.8) is 0 Å². The van der Waals surface area contributed by atoms with Crippen molar-refractivity contribution in [2.45, 2.75) is 38.8 Å². The smallest absolute Gasteiger partial charge is 0.185 e. The number of aliphatic hydroxyl groups excluding tert-OH is 1. The lowest BCUT2D eigenvalue weighted by Crippen LogP contribution is -2.52. The zero-order valence-electron chi connectivity index (χ0n) is 14.7. The van der Waals surface area contributed by atoms with Gasteiger partial charge < -0.3 is 10.0 Å². The van der Waals surface area contributed by atoms with Crippen LogP contribution in [-0.2, 0) is 13.2 Å². The molecule has 25 heavy (non-hydrogen) atoms. The number of aliphatic hydroxyl groups is 1. The van der Waals surface area contributed by atoms with Crippen molar-refractivity contribution in [2.75, 3.05) is 31.1 Å². The van der Waals surface area contributed by atoms with Crippen LogP contribution in [0.3, 0.4) is 0 Å². The number of anilines is 1. The minimum absolute atomic E-state index is 0.0420. The van der Waals surface area contributed by atoms with Gasteiger partial charge >= 0.3 is 0 Å². The Morgan fingerprint density at radius 2 is 1.88 bits per heavy atom. The molecule has 1 spiro atoms. The standard InChI is InChI=1S/C20H27N3OS/c24-13-18-14-25-19(21-18)23-11-5-9-20(16-23)8-4-10-22(15-20)12-17-6-2-1-3-7-17/h1-3,6-7,14,24H,4-5,8-13,15-16H2/t20-/m0/s1. The monoisotopic (exact) mass is 357 g/mol. The summed E-state index contributed by atoms with van der Waals surface area (Å²) in [6.45, 7) is 5.71. The Balaban J connectivity index is 1.44. The second kappa shape index (κ2) is 7.44. The molecule has 1 aromatic heterocycles. The molecule has 0 radical (unpaired) electrons. The van der Waals surface area contributed by atoms with Crippen molar-refractivity contribution in [2.24, 2.45) is 5.41 Å². The average Bonchev–Trinajstić information content (AvgIpc) is 3.12. The predicted molar refractivity (Wildman–Crippen MR) is 103 cm³/mol. The van der Waals surface area contributed by atoms with Crippen LogP contribution in [-0.4, -0.2) is 41.2 Å². The van der Waals surface area contributed by atoms with Crippen LogP contribution < -0.4 is 4.90 Å². The van der Waals surface area contributed by atoms with Gasteiger partial charge in [-0.3, -0.25) is 4.90 Å². The summed E-state index contributed by atoms with van der Waals surface area (Å²) in [5.41, 5.74) is 2.62. The highest BCUT2D eigenvalue weighted by molar-refractivity contribution is 7.13. The van der Waals surface area contributed by atoms with Crippen molar-refractivity contribution in [3.05, 3.63) is 47.0 Å². The first-order valence-electron chi connectivity index (χ1n) is 9.33. The molecule has 0 aliphatic carbocycles. The minimum atomic E-state index is 0.0420. The molecule has 2 aliphatic rings. The van der Waals surface area contributed by atoms with Crippen LogP contribution in [0.2, 0.25) is 0 Å². The first-order valence-corrected chi connectivity index (χ1v) is 10.2. The lowest BCUT2D eigenvalue weighted by Gasteiger charge is -2.48. The van der Waals surface area contributed by atoms with E-state index in [-0.39, 0.29) is 6.61 Å². The van der Waals surface area contributed by atoms with Crippen LogP contribution >= 0.6 is 11.3 Å². The second-order valence-corrected chi connectivity index (χ2v) is 8.44. The van der Waals surface area contributed by atoms with Crippen LogP contribution in [0.15, 0.2) is 35.7 Å². The Hall–Kier alpha value is -1.43. The van der Waals surface area contributed by atoms with Gasteiger partial charge in [0.15, 0.2) is 5.13 Å². The Morgan fingerprint density at radius 3 is 2.64 bits per heavy atom. The van der Waals surface area contributed by atoms with Gasteiger partial charge in [0.25, 0.3) is 0 Å². The first-order chi connectivity index (χ1) is 12.3. The molecule has 3 heterocycles. The molecule has 4 nitrogen and oxygen atoms in total. The molecule has 0 bridgehead atoms. The van der Waals surface area contributed by atoms with Crippen molar-refractivity contribution in [1.82, 2.24) is 9.88 Å². The van der Waals surface area contributed by atoms with E-state index in [0.717, 1.165) is 30.5 Å². The van der Waals surface area contributed by atoms with Gasteiger partial charge in [-0.15, -0.1) is 11.3 Å². The lowest BCUT2D eigenvalue weighted by molar-refractivity contribution is 0.0684. The third-order valence-electron chi connectivity index (χ3n) is 5.62. The summed E-state index contributed by atoms with van der Waals surface area (Å²) in [4.78, 5) is 9.70. The fourth-order valence-corrected chi connectivity index (χ4v) is 5.35. The topological polar surface area (TPSA) is 39.6 Å². The van der Waals surface area contributed by atoms with Crippen LogP contribution in [0.4, 0.5) is 5.13 Å². The molecule has 2 saturated heterocycles. The highest BCUT2D eigenvalue weighted by Crippen LogP contribution is 2.40. The highest BCUT2D eigenvalue weighted by Gasteiger charge is 2.39. The number of hydrogen-bond donors (Lipinski definition) is 1. The van der Waals surface area contributed by atoms with E-state index in [2.05, 4.69) is 45.1 Å². The summed E-state index contributed by atoms with van der Waals surface area (Å²) in [7, 11) is 0. The van der Waals surface area contributed by atoms with Gasteiger partial charge in [-0.1, -0.05) is 30.3 Å². The van der Waals surface area contributed by atoms with Gasteiger partial charge in [-0.05, 0) is 37.8 Å². The fourth-order valence-electron chi connectivity index (χ4n) is 4.51. The van der Waals surface area contributed by atoms with Crippen molar-refractivity contribution in [1.29, 1.82) is 0 Å². The quantitative estimate of drug-likeness (QED) is 0.909. The van der Waals surface area contributed by atoms with E-state index in [1.807, 2.05) is 5.38 Å². The maximum absolute atomic E-state index is 9.29. The molecule has 1 aromatic carbocycles. The number of piperidine rings is 2. The maximum atomic E-state index is 9.29. The predicted octanol–water partition coefficient (Wildman–Crippen LogP) is 3.52. The Bertz CT molecular complexity index is 685. The molecular weight excluding hydrogens is 330 g/mol. The molecule has 2 fully saturated rings. The summed E-state index contributed by atoms with van der Waals surface area (Å²) in [5.74, 6) is 0. The van der Waals surface area contributed by atoms with E-state index in [9.17, 15) is 5.11 Å². The number of thiazole rings is 1. The van der Waals surface area contributed by atoms with Gasteiger partial charge in [0.1, 0.15) is 0 Å². The Kier molecular flexibility index (Phi) is 5.06. The number of aromatic nitrogens is 1. The van der Waals surface area contributed by atoms with Crippen LogP contribution in [0, 0.1) is 5.41 Å². The maximum Gasteiger partial charge on any atom is 0.185 e. The zero-order chi connectivity index (χ0) is 17.1. The fraction of sp³-hybridized carbons (Fsp3) is 0.550. The van der Waals surface area contributed by atoms with Crippen molar-refractivity contribution >= 4 is 16.5 Å². The summed E-state index contributed by atoms with van der Waals surface area (Å²) in [6.07, 6.45) is 5.19. The molecule has 1 atom stereocenters. The lowest BCUT2D eigenvalue weighted by atomic mass is 9.74. The van der Waals surface area contributed by atoms with Gasteiger partial charge in [0, 0.05) is 37.0 Å². The molecule has 0 unspecified atom stereocenters. The summed E-state index contributed by atoms with van der Waals surface area (Å²) < 4.78 is 0. The number of nitrogens with zero attached hydrogens (tertiary/aromatic N) is 3. The van der Waals surface area contributed by atoms with E-state index in [0.29, 0.717) is 5.41 Å². The van der Waals surface area contributed by atoms with Crippen molar-refractivity contribution < 1.29 is 5.11 Å². The second-order valence-electron chi connectivity index (χ2n) is 7.60. The normalized spacial score (nSPS) is 24.8. The first kappa shape index (κ1) is 17.0. The van der Waals surface area contributed by atoms with E-state index in [4.69, 9.17) is 0 Å². The van der Waals surface area contributed by atoms with E-state index < -0.39 is 0 Å². The van der Waals surface area contributed by atoms with Gasteiger partial charge in [-0.25, -0.2) is 4.98 Å². The minimum Gasteiger partial charge on any atom is -0.390 e. The third-order valence-corrected chi connectivity index (χ3v) is 6.57.